The van der Waals surface area contributed by atoms with E-state index in [1.54, 1.807) is 11.0 Å². The summed E-state index contributed by atoms with van der Waals surface area (Å²) in [6.45, 7) is 6.41. The third-order valence-electron chi connectivity index (χ3n) is 3.90. The number of likely N-dealkylation sites (tertiary alicyclic amines) is 1. The van der Waals surface area contributed by atoms with Gasteiger partial charge in [-0.2, -0.15) is 0 Å². The number of halogens is 1. The molecule has 1 aliphatic heterocycles. The van der Waals surface area contributed by atoms with Gasteiger partial charge < -0.3 is 19.7 Å². The Morgan fingerprint density at radius 3 is 2.40 bits per heavy atom. The molecule has 0 aromatic heterocycles. The van der Waals surface area contributed by atoms with Gasteiger partial charge in [-0.05, 0) is 51.8 Å². The van der Waals surface area contributed by atoms with Gasteiger partial charge in [0.05, 0.1) is 7.11 Å². The standard InChI is InChI=1S/C18H25FN2O4/c1-18(2,3)25-17(23)20-13-7-9-21(10-8-13)16(22)12-5-6-15(24-4)14(19)11-12/h5-6,11,13H,7-10H2,1-4H3,(H,20,23). The van der Waals surface area contributed by atoms with Crippen LogP contribution in [0.4, 0.5) is 9.18 Å². The van der Waals surface area contributed by atoms with E-state index in [2.05, 4.69) is 5.32 Å². The molecule has 0 saturated carbocycles. The molecule has 6 nitrogen and oxygen atoms in total. The van der Waals surface area contributed by atoms with Crippen LogP contribution in [0.5, 0.6) is 5.75 Å². The predicted octanol–water partition coefficient (Wildman–Crippen LogP) is 2.96. The van der Waals surface area contributed by atoms with E-state index >= 15 is 0 Å². The van der Waals surface area contributed by atoms with Crippen LogP contribution in [0.3, 0.4) is 0 Å². The number of rotatable bonds is 3. The van der Waals surface area contributed by atoms with E-state index in [-0.39, 0.29) is 23.3 Å². The smallest absolute Gasteiger partial charge is 0.407 e. The minimum absolute atomic E-state index is 0.0356. The number of methoxy groups -OCH3 is 1. The highest BCUT2D eigenvalue weighted by Gasteiger charge is 2.26. The average molecular weight is 352 g/mol. The average Bonchev–Trinajstić information content (AvgIpc) is 2.53. The maximum atomic E-state index is 13.8. The summed E-state index contributed by atoms with van der Waals surface area (Å²) in [6, 6.07) is 4.15. The van der Waals surface area contributed by atoms with E-state index in [9.17, 15) is 14.0 Å². The maximum absolute atomic E-state index is 13.8. The Labute approximate surface area is 147 Å². The molecule has 1 aromatic rings. The third-order valence-corrected chi connectivity index (χ3v) is 3.90. The van der Waals surface area contributed by atoms with E-state index in [1.807, 2.05) is 20.8 Å². The number of amides is 2. The zero-order valence-corrected chi connectivity index (χ0v) is 15.1. The number of hydrogen-bond donors (Lipinski definition) is 1. The highest BCUT2D eigenvalue weighted by Crippen LogP contribution is 2.20. The molecule has 2 amide bonds. The van der Waals surface area contributed by atoms with Crippen molar-refractivity contribution in [2.45, 2.75) is 45.3 Å². The van der Waals surface area contributed by atoms with Gasteiger partial charge in [-0.25, -0.2) is 9.18 Å². The Kier molecular flexibility index (Phi) is 5.87. The molecule has 0 unspecified atom stereocenters. The van der Waals surface area contributed by atoms with Crippen LogP contribution in [-0.2, 0) is 4.74 Å². The summed E-state index contributed by atoms with van der Waals surface area (Å²) >= 11 is 0. The lowest BCUT2D eigenvalue weighted by Crippen LogP contribution is -2.47. The molecule has 0 bridgehead atoms. The molecule has 0 atom stereocenters. The monoisotopic (exact) mass is 352 g/mol. The van der Waals surface area contributed by atoms with Crippen LogP contribution >= 0.6 is 0 Å². The molecule has 1 N–H and O–H groups in total. The molecular formula is C18H25FN2O4. The lowest BCUT2D eigenvalue weighted by molar-refractivity contribution is 0.0473. The van der Waals surface area contributed by atoms with Gasteiger partial charge in [-0.1, -0.05) is 0 Å². The summed E-state index contributed by atoms with van der Waals surface area (Å²) in [6.07, 6.45) is 0.808. The summed E-state index contributed by atoms with van der Waals surface area (Å²) < 4.78 is 23.9. The van der Waals surface area contributed by atoms with Crippen LogP contribution in [-0.4, -0.2) is 48.7 Å². The molecule has 2 rings (SSSR count). The van der Waals surface area contributed by atoms with Crippen LogP contribution < -0.4 is 10.1 Å². The van der Waals surface area contributed by atoms with Crippen molar-refractivity contribution in [3.8, 4) is 5.75 Å². The van der Waals surface area contributed by atoms with Crippen molar-refractivity contribution < 1.29 is 23.5 Å². The van der Waals surface area contributed by atoms with E-state index in [0.717, 1.165) is 0 Å². The number of piperidine rings is 1. The normalized spacial score (nSPS) is 15.6. The Hall–Kier alpha value is -2.31. The first kappa shape index (κ1) is 19.0. The number of benzene rings is 1. The molecule has 1 saturated heterocycles. The highest BCUT2D eigenvalue weighted by molar-refractivity contribution is 5.94. The van der Waals surface area contributed by atoms with Gasteiger partial charge in [0.1, 0.15) is 5.60 Å². The minimum Gasteiger partial charge on any atom is -0.494 e. The second-order valence-corrected chi connectivity index (χ2v) is 7.06. The van der Waals surface area contributed by atoms with Crippen LogP contribution in [0.1, 0.15) is 44.0 Å². The van der Waals surface area contributed by atoms with E-state index < -0.39 is 17.5 Å². The zero-order chi connectivity index (χ0) is 18.6. The second-order valence-electron chi connectivity index (χ2n) is 7.06. The number of alkyl carbamates (subject to hydrolysis) is 1. The first-order chi connectivity index (χ1) is 11.7. The first-order valence-corrected chi connectivity index (χ1v) is 8.32. The molecule has 138 valence electrons. The van der Waals surface area contributed by atoms with Crippen molar-refractivity contribution in [1.29, 1.82) is 0 Å². The molecule has 1 aromatic carbocycles. The molecule has 0 aliphatic carbocycles. The molecule has 7 heteroatoms. The molecule has 0 radical (unpaired) electrons. The Balaban J connectivity index is 1.88. The fourth-order valence-electron chi connectivity index (χ4n) is 2.68. The predicted molar refractivity (Wildman–Crippen MR) is 91.2 cm³/mol. The summed E-state index contributed by atoms with van der Waals surface area (Å²) in [4.78, 5) is 25.9. The number of carbonyl (C=O) groups is 2. The van der Waals surface area contributed by atoms with Crippen LogP contribution in [0, 0.1) is 5.82 Å². The van der Waals surface area contributed by atoms with Crippen molar-refractivity contribution in [1.82, 2.24) is 10.2 Å². The summed E-state index contributed by atoms with van der Waals surface area (Å²) in [7, 11) is 1.38. The van der Waals surface area contributed by atoms with Crippen molar-refractivity contribution >= 4 is 12.0 Å². The van der Waals surface area contributed by atoms with E-state index in [4.69, 9.17) is 9.47 Å². The Morgan fingerprint density at radius 1 is 1.24 bits per heavy atom. The number of nitrogens with one attached hydrogen (secondary N) is 1. The topological polar surface area (TPSA) is 67.9 Å². The van der Waals surface area contributed by atoms with Crippen LogP contribution in [0.2, 0.25) is 0 Å². The fraction of sp³-hybridized carbons (Fsp3) is 0.556. The highest BCUT2D eigenvalue weighted by atomic mass is 19.1. The van der Waals surface area contributed by atoms with Gasteiger partial charge in [-0.15, -0.1) is 0 Å². The van der Waals surface area contributed by atoms with Crippen molar-refractivity contribution in [3.63, 3.8) is 0 Å². The molecule has 0 spiro atoms. The van der Waals surface area contributed by atoms with E-state index in [0.29, 0.717) is 25.9 Å². The van der Waals surface area contributed by atoms with Crippen LogP contribution in [0.25, 0.3) is 0 Å². The summed E-state index contributed by atoms with van der Waals surface area (Å²) in [5, 5.41) is 2.82. The number of carbonyl (C=O) groups excluding carboxylic acids is 2. The number of nitrogens with zero attached hydrogens (tertiary/aromatic N) is 1. The van der Waals surface area contributed by atoms with Gasteiger partial charge >= 0.3 is 6.09 Å². The largest absolute Gasteiger partial charge is 0.494 e. The second kappa shape index (κ2) is 7.72. The summed E-state index contributed by atoms with van der Waals surface area (Å²) in [5.74, 6) is -0.677. The molecule has 1 fully saturated rings. The van der Waals surface area contributed by atoms with Crippen molar-refractivity contribution in [2.75, 3.05) is 20.2 Å². The zero-order valence-electron chi connectivity index (χ0n) is 15.1. The Bertz CT molecular complexity index is 634. The number of hydrogen-bond acceptors (Lipinski definition) is 4. The fourth-order valence-corrected chi connectivity index (χ4v) is 2.68. The molecule has 1 heterocycles. The van der Waals surface area contributed by atoms with Gasteiger partial charge in [0, 0.05) is 24.7 Å². The number of ether oxygens (including phenoxy) is 2. The molecular weight excluding hydrogens is 327 g/mol. The lowest BCUT2D eigenvalue weighted by Gasteiger charge is -2.33. The lowest BCUT2D eigenvalue weighted by atomic mass is 10.0. The quantitative estimate of drug-likeness (QED) is 0.908. The van der Waals surface area contributed by atoms with E-state index in [1.165, 1.54) is 19.2 Å². The minimum atomic E-state index is -0.560. The van der Waals surface area contributed by atoms with Gasteiger partial charge in [0.25, 0.3) is 5.91 Å². The van der Waals surface area contributed by atoms with Gasteiger partial charge in [0.2, 0.25) is 0 Å². The summed E-state index contributed by atoms with van der Waals surface area (Å²) in [5.41, 5.74) is -0.254. The maximum Gasteiger partial charge on any atom is 0.407 e. The molecule has 1 aliphatic rings. The third kappa shape index (κ3) is 5.34. The molecule has 25 heavy (non-hydrogen) atoms. The SMILES string of the molecule is COc1ccc(C(=O)N2CCC(NC(=O)OC(C)(C)C)CC2)cc1F. The van der Waals surface area contributed by atoms with Crippen molar-refractivity contribution in [3.05, 3.63) is 29.6 Å². The van der Waals surface area contributed by atoms with Crippen LogP contribution in [0.15, 0.2) is 18.2 Å². The first-order valence-electron chi connectivity index (χ1n) is 8.32. The van der Waals surface area contributed by atoms with Crippen molar-refractivity contribution in [2.24, 2.45) is 0 Å². The van der Waals surface area contributed by atoms with Gasteiger partial charge in [-0.3, -0.25) is 4.79 Å². The Morgan fingerprint density at radius 2 is 1.88 bits per heavy atom. The van der Waals surface area contributed by atoms with Gasteiger partial charge in [0.15, 0.2) is 11.6 Å².